The van der Waals surface area contributed by atoms with Crippen molar-refractivity contribution in [1.29, 1.82) is 0 Å². The number of carboxylic acids is 1. The summed E-state index contributed by atoms with van der Waals surface area (Å²) >= 11 is 0. The van der Waals surface area contributed by atoms with Crippen molar-refractivity contribution in [2.24, 2.45) is 0 Å². The molecule has 0 amide bonds. The van der Waals surface area contributed by atoms with Crippen LogP contribution in [0.5, 0.6) is 0 Å². The summed E-state index contributed by atoms with van der Waals surface area (Å²) in [5.74, 6) is -0.714. The van der Waals surface area contributed by atoms with Crippen LogP contribution in [0.15, 0.2) is 0 Å². The highest BCUT2D eigenvalue weighted by Gasteiger charge is 2.11. The van der Waals surface area contributed by atoms with E-state index >= 15 is 0 Å². The number of carboxylic acid groups (broad SMARTS) is 1. The van der Waals surface area contributed by atoms with Gasteiger partial charge in [-0.25, -0.2) is 8.37 Å². The van der Waals surface area contributed by atoms with Crippen molar-refractivity contribution in [3.05, 3.63) is 0 Å². The molecule has 31 heavy (non-hydrogen) atoms. The Hall–Kier alpha value is -0.660. The highest BCUT2D eigenvalue weighted by molar-refractivity contribution is 7.81. The van der Waals surface area contributed by atoms with E-state index in [-0.39, 0.29) is 19.6 Å². The Morgan fingerprint density at radius 1 is 0.581 bits per heavy atom. The molecule has 0 bridgehead atoms. The summed E-state index contributed by atoms with van der Waals surface area (Å²) in [5.41, 5.74) is 0. The van der Waals surface area contributed by atoms with E-state index in [4.69, 9.17) is 13.5 Å². The summed E-state index contributed by atoms with van der Waals surface area (Å²) in [5, 5.41) is 8.57. The van der Waals surface area contributed by atoms with Gasteiger partial charge in [-0.05, 0) is 19.3 Å². The second-order valence-corrected chi connectivity index (χ2v) is 9.85. The number of carbonyl (C=O) groups is 1. The molecule has 6 nitrogen and oxygen atoms in total. The third-order valence-corrected chi connectivity index (χ3v) is 6.40. The summed E-state index contributed by atoms with van der Waals surface area (Å²) in [6, 6.07) is 0. The van der Waals surface area contributed by atoms with Gasteiger partial charge in [-0.1, -0.05) is 110 Å². The number of unbranched alkanes of at least 4 members (excludes halogenated alkanes) is 17. The van der Waals surface area contributed by atoms with Crippen LogP contribution in [0.1, 0.15) is 135 Å². The summed E-state index contributed by atoms with van der Waals surface area (Å²) in [4.78, 5) is 10.4. The second kappa shape index (κ2) is 22.5. The smallest absolute Gasteiger partial charge is 0.399 e. The Morgan fingerprint density at radius 2 is 0.903 bits per heavy atom. The van der Waals surface area contributed by atoms with Crippen LogP contribution < -0.4 is 0 Å². The first-order valence-corrected chi connectivity index (χ1v) is 14.1. The maximum atomic E-state index is 11.7. The van der Waals surface area contributed by atoms with E-state index in [1.807, 2.05) is 0 Å². The molecule has 0 aliphatic carbocycles. The Bertz CT molecular complexity index is 492. The zero-order chi connectivity index (χ0) is 23.0. The van der Waals surface area contributed by atoms with Crippen molar-refractivity contribution in [3.63, 3.8) is 0 Å². The van der Waals surface area contributed by atoms with Gasteiger partial charge in [-0.15, -0.1) is 0 Å². The van der Waals surface area contributed by atoms with Crippen LogP contribution in [0.2, 0.25) is 0 Å². The minimum absolute atomic E-state index is 0.190. The van der Waals surface area contributed by atoms with Crippen molar-refractivity contribution in [3.8, 4) is 0 Å². The molecule has 0 unspecified atom stereocenters. The summed E-state index contributed by atoms with van der Waals surface area (Å²) < 4.78 is 33.3. The van der Waals surface area contributed by atoms with Crippen LogP contribution in [-0.2, 0) is 23.6 Å². The maximum absolute atomic E-state index is 11.7. The van der Waals surface area contributed by atoms with E-state index in [9.17, 15) is 13.2 Å². The number of aliphatic carboxylic acids is 1. The highest BCUT2D eigenvalue weighted by Crippen LogP contribution is 2.12. The molecule has 0 spiro atoms. The van der Waals surface area contributed by atoms with E-state index in [0.29, 0.717) is 0 Å². The number of rotatable bonds is 25. The molecule has 1 N–H and O–H groups in total. The molecular weight excluding hydrogens is 416 g/mol. The number of hydrogen-bond donors (Lipinski definition) is 1. The van der Waals surface area contributed by atoms with Crippen LogP contribution in [0.4, 0.5) is 0 Å². The van der Waals surface area contributed by atoms with Crippen molar-refractivity contribution in [2.45, 2.75) is 135 Å². The fourth-order valence-electron chi connectivity index (χ4n) is 3.56. The molecule has 0 aromatic heterocycles. The van der Waals surface area contributed by atoms with Crippen LogP contribution in [0.3, 0.4) is 0 Å². The monoisotopic (exact) mass is 464 g/mol. The zero-order valence-electron chi connectivity index (χ0n) is 20.0. The molecule has 7 heteroatoms. The van der Waals surface area contributed by atoms with Crippen LogP contribution >= 0.6 is 0 Å². The van der Waals surface area contributed by atoms with E-state index in [1.165, 1.54) is 44.9 Å². The molecule has 0 radical (unpaired) electrons. The first-order valence-electron chi connectivity index (χ1n) is 12.7. The number of hydrogen-bond acceptors (Lipinski definition) is 5. The van der Waals surface area contributed by atoms with Gasteiger partial charge >= 0.3 is 16.4 Å². The molecule has 0 saturated carbocycles. The normalized spacial score (nSPS) is 11.8. The van der Waals surface area contributed by atoms with Gasteiger partial charge in [-0.3, -0.25) is 4.79 Å². The topological polar surface area (TPSA) is 89.9 Å². The largest absolute Gasteiger partial charge is 0.481 e. The fraction of sp³-hybridized carbons (Fsp3) is 0.958. The third kappa shape index (κ3) is 25.5. The zero-order valence-corrected chi connectivity index (χ0v) is 20.8. The van der Waals surface area contributed by atoms with E-state index < -0.39 is 16.4 Å². The van der Waals surface area contributed by atoms with Gasteiger partial charge in [0, 0.05) is 6.42 Å². The molecule has 186 valence electrons. The van der Waals surface area contributed by atoms with Crippen LogP contribution in [0.25, 0.3) is 0 Å². The summed E-state index contributed by atoms with van der Waals surface area (Å²) in [6.45, 7) is 2.63. The first kappa shape index (κ1) is 30.3. The quantitative estimate of drug-likeness (QED) is 0.144. The van der Waals surface area contributed by atoms with Gasteiger partial charge in [-0.2, -0.15) is 8.42 Å². The maximum Gasteiger partial charge on any atom is 0.399 e. The Labute approximate surface area is 191 Å². The summed E-state index contributed by atoms with van der Waals surface area (Å²) in [6.07, 6.45) is 21.3. The molecule has 0 atom stereocenters. The molecule has 0 rings (SSSR count). The minimum atomic E-state index is -3.85. The van der Waals surface area contributed by atoms with Gasteiger partial charge in [0.15, 0.2) is 0 Å². The average Bonchev–Trinajstić information content (AvgIpc) is 2.72. The van der Waals surface area contributed by atoms with Crippen LogP contribution in [0, 0.1) is 0 Å². The second-order valence-electron chi connectivity index (χ2n) is 8.56. The Kier molecular flexibility index (Phi) is 22.1. The van der Waals surface area contributed by atoms with Crippen molar-refractivity contribution >= 4 is 16.4 Å². The summed E-state index contributed by atoms with van der Waals surface area (Å²) in [7, 11) is -3.85. The lowest BCUT2D eigenvalue weighted by molar-refractivity contribution is -0.137. The Morgan fingerprint density at radius 3 is 1.26 bits per heavy atom. The van der Waals surface area contributed by atoms with E-state index in [1.54, 1.807) is 0 Å². The lowest BCUT2D eigenvalue weighted by Crippen LogP contribution is -2.12. The van der Waals surface area contributed by atoms with Gasteiger partial charge in [0.05, 0.1) is 13.2 Å². The molecule has 0 saturated heterocycles. The van der Waals surface area contributed by atoms with Gasteiger partial charge in [0.1, 0.15) is 0 Å². The molecule has 0 aliphatic heterocycles. The van der Waals surface area contributed by atoms with E-state index in [2.05, 4.69) is 6.92 Å². The first-order chi connectivity index (χ1) is 15.0. The molecular formula is C24H48O6S. The van der Waals surface area contributed by atoms with Gasteiger partial charge in [0.2, 0.25) is 0 Å². The van der Waals surface area contributed by atoms with Gasteiger partial charge < -0.3 is 5.11 Å². The molecule has 0 fully saturated rings. The Balaban J connectivity index is 3.33. The van der Waals surface area contributed by atoms with Crippen molar-refractivity contribution in [2.75, 3.05) is 13.2 Å². The van der Waals surface area contributed by atoms with Crippen molar-refractivity contribution < 1.29 is 26.7 Å². The van der Waals surface area contributed by atoms with E-state index in [0.717, 1.165) is 77.0 Å². The predicted octanol–water partition coefficient (Wildman–Crippen LogP) is 7.17. The minimum Gasteiger partial charge on any atom is -0.481 e. The predicted molar refractivity (Wildman–Crippen MR) is 126 cm³/mol. The lowest BCUT2D eigenvalue weighted by atomic mass is 10.1. The molecule has 0 aliphatic rings. The molecule has 0 aromatic carbocycles. The van der Waals surface area contributed by atoms with Crippen LogP contribution in [-0.4, -0.2) is 32.7 Å². The van der Waals surface area contributed by atoms with Crippen molar-refractivity contribution in [1.82, 2.24) is 0 Å². The lowest BCUT2D eigenvalue weighted by Gasteiger charge is -2.06. The highest BCUT2D eigenvalue weighted by atomic mass is 32.3. The third-order valence-electron chi connectivity index (χ3n) is 5.49. The SMILES string of the molecule is CCCCCCCCCCCCOS(=O)(=O)OCCCCCCCCCCCC(=O)O. The molecule has 0 heterocycles. The van der Waals surface area contributed by atoms with Gasteiger partial charge in [0.25, 0.3) is 0 Å². The average molecular weight is 465 g/mol. The standard InChI is InChI=1S/C24H48O6S/c1-2-3-4-5-6-7-10-13-16-19-22-29-31(27,28)30-23-20-17-14-11-8-9-12-15-18-21-24(25)26/h2-23H2,1H3,(H,25,26). The fourth-order valence-corrected chi connectivity index (χ4v) is 4.27. The molecule has 0 aromatic rings.